The normalized spacial score (nSPS) is 22.3. The minimum absolute atomic E-state index is 0.0304. The number of aliphatic carboxylic acids is 1. The van der Waals surface area contributed by atoms with Crippen LogP contribution in [0.15, 0.2) is 115 Å². The zero-order chi connectivity index (χ0) is 32.7. The Balaban J connectivity index is 1.58. The van der Waals surface area contributed by atoms with Gasteiger partial charge >= 0.3 is 5.97 Å². The summed E-state index contributed by atoms with van der Waals surface area (Å²) >= 11 is 0. The summed E-state index contributed by atoms with van der Waals surface area (Å²) < 4.78 is 6.00. The molecule has 2 aliphatic heterocycles. The first kappa shape index (κ1) is 31.5. The van der Waals surface area contributed by atoms with Crippen molar-refractivity contribution in [2.24, 2.45) is 0 Å². The van der Waals surface area contributed by atoms with Crippen LogP contribution in [0.2, 0.25) is 0 Å². The molecule has 0 saturated carbocycles. The number of para-hydroxylation sites is 1. The van der Waals surface area contributed by atoms with Gasteiger partial charge in [0.1, 0.15) is 11.8 Å². The number of nitrogens with one attached hydrogen (secondary N) is 2. The van der Waals surface area contributed by atoms with E-state index in [4.69, 9.17) is 4.74 Å². The molecule has 5 atom stereocenters. The number of carboxylic acid groups (broad SMARTS) is 1. The molecule has 2 heterocycles. The van der Waals surface area contributed by atoms with Gasteiger partial charge < -0.3 is 25.6 Å². The van der Waals surface area contributed by atoms with Crippen molar-refractivity contribution in [3.05, 3.63) is 138 Å². The quantitative estimate of drug-likeness (QED) is 0.184. The number of carbonyl (C=O) groups excluding carboxylic acids is 1. The van der Waals surface area contributed by atoms with Crippen LogP contribution in [0.25, 0.3) is 0 Å². The third kappa shape index (κ3) is 5.36. The van der Waals surface area contributed by atoms with E-state index >= 15 is 0 Å². The van der Waals surface area contributed by atoms with E-state index in [-0.39, 0.29) is 6.42 Å². The van der Waals surface area contributed by atoms with Crippen molar-refractivity contribution >= 4 is 17.6 Å². The van der Waals surface area contributed by atoms with Gasteiger partial charge in [0.05, 0.1) is 23.3 Å². The second-order valence-electron chi connectivity index (χ2n) is 13.2. The number of fused-ring (bicyclic) bond motifs is 3. The maximum Gasteiger partial charge on any atom is 0.328 e. The van der Waals surface area contributed by atoms with Gasteiger partial charge in [-0.25, -0.2) is 4.79 Å². The highest BCUT2D eigenvalue weighted by atomic mass is 16.5. The topological polar surface area (TPSA) is 111 Å². The van der Waals surface area contributed by atoms with E-state index in [1.165, 1.54) is 0 Å². The molecular weight excluding hydrogens is 578 g/mol. The first-order chi connectivity index (χ1) is 22.0. The summed E-state index contributed by atoms with van der Waals surface area (Å²) in [5, 5.41) is 29.3. The predicted octanol–water partition coefficient (Wildman–Crippen LogP) is 5.47. The molecule has 6 rings (SSSR count). The lowest BCUT2D eigenvalue weighted by Gasteiger charge is -2.49. The lowest BCUT2D eigenvalue weighted by atomic mass is 9.74. The van der Waals surface area contributed by atoms with Crippen molar-refractivity contribution in [2.45, 2.75) is 75.2 Å². The molecule has 8 nitrogen and oxygen atoms in total. The highest BCUT2D eigenvalue weighted by Crippen LogP contribution is 2.56. The van der Waals surface area contributed by atoms with Crippen molar-refractivity contribution in [3.8, 4) is 0 Å². The number of benzene rings is 4. The SMILES string of the molecule is C[C@@H](OC(C)(C)C)[C@H](NC(=O)[C@@H]1C[C@@]2(O)c3ccccc3N[C@H]2N1C(c1ccccc1)(c1ccccc1)c1ccccc1)C(=O)O. The van der Waals surface area contributed by atoms with E-state index in [1.54, 1.807) is 6.92 Å². The summed E-state index contributed by atoms with van der Waals surface area (Å²) in [6.07, 6.45) is -1.53. The molecule has 0 unspecified atom stereocenters. The Morgan fingerprint density at radius 1 is 0.848 bits per heavy atom. The molecule has 238 valence electrons. The molecule has 0 radical (unpaired) electrons. The molecule has 8 heteroatoms. The van der Waals surface area contributed by atoms with Gasteiger partial charge in [-0.3, -0.25) is 9.69 Å². The second-order valence-corrected chi connectivity index (χ2v) is 13.2. The lowest BCUT2D eigenvalue weighted by Crippen LogP contribution is -2.62. The largest absolute Gasteiger partial charge is 0.480 e. The lowest BCUT2D eigenvalue weighted by molar-refractivity contribution is -0.151. The average Bonchev–Trinajstić information content (AvgIpc) is 3.49. The third-order valence-corrected chi connectivity index (χ3v) is 9.09. The molecule has 0 aromatic heterocycles. The average molecular weight is 620 g/mol. The number of ether oxygens (including phenoxy) is 1. The number of hydrogen-bond acceptors (Lipinski definition) is 6. The van der Waals surface area contributed by atoms with E-state index in [0.717, 1.165) is 22.4 Å². The summed E-state index contributed by atoms with van der Waals surface area (Å²) in [6, 6.07) is 35.2. The third-order valence-electron chi connectivity index (χ3n) is 9.09. The molecule has 2 aliphatic rings. The summed E-state index contributed by atoms with van der Waals surface area (Å²) in [5.41, 5.74) is 1.00. The predicted molar refractivity (Wildman–Crippen MR) is 177 cm³/mol. The van der Waals surface area contributed by atoms with Gasteiger partial charge in [0.15, 0.2) is 6.04 Å². The Morgan fingerprint density at radius 3 is 1.80 bits per heavy atom. The Labute approximate surface area is 270 Å². The van der Waals surface area contributed by atoms with Crippen LogP contribution < -0.4 is 10.6 Å². The fourth-order valence-electron chi connectivity index (χ4n) is 7.38. The van der Waals surface area contributed by atoms with Crippen LogP contribution in [0, 0.1) is 0 Å². The number of hydrogen-bond donors (Lipinski definition) is 4. The van der Waals surface area contributed by atoms with Crippen molar-refractivity contribution in [1.82, 2.24) is 10.2 Å². The van der Waals surface area contributed by atoms with Gasteiger partial charge in [-0.15, -0.1) is 0 Å². The Morgan fingerprint density at radius 2 is 1.33 bits per heavy atom. The van der Waals surface area contributed by atoms with Crippen molar-refractivity contribution in [3.63, 3.8) is 0 Å². The van der Waals surface area contributed by atoms with Crippen molar-refractivity contribution in [2.75, 3.05) is 5.32 Å². The number of carbonyl (C=O) groups is 2. The van der Waals surface area contributed by atoms with Crippen molar-refractivity contribution in [1.29, 1.82) is 0 Å². The number of rotatable bonds is 9. The number of amides is 1. The van der Waals surface area contributed by atoms with Crippen molar-refractivity contribution < 1.29 is 24.5 Å². The van der Waals surface area contributed by atoms with Gasteiger partial charge in [-0.2, -0.15) is 0 Å². The van der Waals surface area contributed by atoms with E-state index in [9.17, 15) is 19.8 Å². The molecule has 0 spiro atoms. The van der Waals surface area contributed by atoms with E-state index < -0.39 is 53.0 Å². The molecule has 0 bridgehead atoms. The highest BCUT2D eigenvalue weighted by molar-refractivity contribution is 5.88. The Hall–Kier alpha value is -4.50. The summed E-state index contributed by atoms with van der Waals surface area (Å²) in [6.45, 7) is 7.18. The van der Waals surface area contributed by atoms with Crippen LogP contribution in [0.1, 0.15) is 56.4 Å². The number of likely N-dealkylation sites (tertiary alicyclic amines) is 1. The minimum atomic E-state index is -1.46. The second kappa shape index (κ2) is 12.0. The number of anilines is 1. The Bertz CT molecular complexity index is 1600. The molecule has 4 aromatic rings. The smallest absolute Gasteiger partial charge is 0.328 e. The fourth-order valence-corrected chi connectivity index (χ4v) is 7.38. The molecular formula is C38H41N3O5. The zero-order valence-electron chi connectivity index (χ0n) is 26.6. The molecule has 1 saturated heterocycles. The van der Waals surface area contributed by atoms with Gasteiger partial charge in [-0.1, -0.05) is 109 Å². The number of aliphatic hydroxyl groups is 1. The molecule has 0 aliphatic carbocycles. The maximum absolute atomic E-state index is 14.7. The Kier molecular flexibility index (Phi) is 8.23. The van der Waals surface area contributed by atoms with Crippen LogP contribution in [0.5, 0.6) is 0 Å². The molecule has 1 amide bonds. The number of carboxylic acids is 1. The monoisotopic (exact) mass is 619 g/mol. The van der Waals surface area contributed by atoms with E-state index in [0.29, 0.717) is 5.56 Å². The van der Waals surface area contributed by atoms with Gasteiger partial charge in [0.25, 0.3) is 0 Å². The van der Waals surface area contributed by atoms with Crippen LogP contribution in [0.3, 0.4) is 0 Å². The van der Waals surface area contributed by atoms with Gasteiger partial charge in [0.2, 0.25) is 5.91 Å². The van der Waals surface area contributed by atoms with Crippen LogP contribution >= 0.6 is 0 Å². The maximum atomic E-state index is 14.7. The first-order valence-electron chi connectivity index (χ1n) is 15.7. The standard InChI is InChI=1S/C38H41N3O5/c1-25(46-36(2,3)4)32(34(43)44)40-33(42)31-24-37(45)29-22-14-15-23-30(29)39-35(37)41(31)38(26-16-8-5-9-17-26,27-18-10-6-11-19-27)28-20-12-7-13-21-28/h5-23,25,31-32,35,39,45H,24H2,1-4H3,(H,40,42)(H,43,44)/t25-,31+,32+,35+,37-/m1/s1. The summed E-state index contributed by atoms with van der Waals surface area (Å²) in [7, 11) is 0. The zero-order valence-corrected chi connectivity index (χ0v) is 26.6. The summed E-state index contributed by atoms with van der Waals surface area (Å²) in [5.74, 6) is -1.71. The summed E-state index contributed by atoms with van der Waals surface area (Å²) in [4.78, 5) is 29.3. The highest BCUT2D eigenvalue weighted by Gasteiger charge is 2.64. The van der Waals surface area contributed by atoms with Crippen LogP contribution in [0.4, 0.5) is 5.69 Å². The minimum Gasteiger partial charge on any atom is -0.480 e. The molecule has 1 fully saturated rings. The fraction of sp³-hybridized carbons (Fsp3) is 0.316. The van der Waals surface area contributed by atoms with Gasteiger partial charge in [0, 0.05) is 17.7 Å². The first-order valence-corrected chi connectivity index (χ1v) is 15.7. The van der Waals surface area contributed by atoms with Crippen LogP contribution in [-0.2, 0) is 25.5 Å². The molecule has 4 N–H and O–H groups in total. The van der Waals surface area contributed by atoms with Crippen LogP contribution in [-0.4, -0.2) is 56.9 Å². The molecule has 4 aromatic carbocycles. The van der Waals surface area contributed by atoms with Gasteiger partial charge in [-0.05, 0) is 50.5 Å². The van der Waals surface area contributed by atoms with E-state index in [2.05, 4.69) is 15.5 Å². The number of nitrogens with zero attached hydrogens (tertiary/aromatic N) is 1. The molecule has 46 heavy (non-hydrogen) atoms. The van der Waals surface area contributed by atoms with E-state index in [1.807, 2.05) is 136 Å².